The number of H-pyrrole nitrogens is 1. The van der Waals surface area contributed by atoms with Gasteiger partial charge in [-0.05, 0) is 61.3 Å². The first kappa shape index (κ1) is 25.2. The molecular formula is C28H33N3O5S. The summed E-state index contributed by atoms with van der Waals surface area (Å²) in [6.45, 7) is 2.16. The highest BCUT2D eigenvalue weighted by molar-refractivity contribution is 7.80. The van der Waals surface area contributed by atoms with Crippen molar-refractivity contribution in [3.8, 4) is 23.0 Å². The van der Waals surface area contributed by atoms with Crippen molar-refractivity contribution in [1.29, 1.82) is 0 Å². The van der Waals surface area contributed by atoms with Crippen LogP contribution in [-0.4, -0.2) is 55.0 Å². The summed E-state index contributed by atoms with van der Waals surface area (Å²) in [7, 11) is 3.27. The van der Waals surface area contributed by atoms with Crippen LogP contribution in [0.25, 0.3) is 10.9 Å². The van der Waals surface area contributed by atoms with Crippen LogP contribution in [-0.2, 0) is 13.0 Å². The zero-order chi connectivity index (χ0) is 25.8. The number of fused-ring (bicyclic) bond motifs is 2. The Hall–Kier alpha value is -3.46. The topological polar surface area (TPSA) is 85.1 Å². The minimum atomic E-state index is -0.111. The number of hydrogen-bond donors (Lipinski definition) is 2. The molecule has 3 aromatic rings. The second kappa shape index (κ2) is 11.3. The molecule has 8 nitrogen and oxygen atoms in total. The fourth-order valence-electron chi connectivity index (χ4n) is 5.12. The molecule has 0 bridgehead atoms. The Labute approximate surface area is 221 Å². The van der Waals surface area contributed by atoms with Gasteiger partial charge in [0.1, 0.15) is 13.2 Å². The Kier molecular flexibility index (Phi) is 7.69. The third-order valence-electron chi connectivity index (χ3n) is 7.09. The fourth-order valence-corrected chi connectivity index (χ4v) is 5.44. The minimum absolute atomic E-state index is 0.111. The van der Waals surface area contributed by atoms with E-state index in [0.717, 1.165) is 35.7 Å². The maximum atomic E-state index is 13.0. The van der Waals surface area contributed by atoms with Crippen LogP contribution in [0.4, 0.5) is 0 Å². The second-order valence-corrected chi connectivity index (χ2v) is 9.83. The van der Waals surface area contributed by atoms with E-state index in [1.807, 2.05) is 36.4 Å². The molecule has 0 saturated heterocycles. The van der Waals surface area contributed by atoms with Crippen molar-refractivity contribution >= 4 is 28.2 Å². The van der Waals surface area contributed by atoms with Crippen LogP contribution in [0.1, 0.15) is 36.8 Å². The van der Waals surface area contributed by atoms with E-state index >= 15 is 0 Å². The number of benzene rings is 2. The largest absolute Gasteiger partial charge is 0.493 e. The van der Waals surface area contributed by atoms with E-state index in [2.05, 4.69) is 15.2 Å². The van der Waals surface area contributed by atoms with Crippen LogP contribution < -0.4 is 29.8 Å². The number of aromatic amines is 1. The van der Waals surface area contributed by atoms with Crippen LogP contribution in [0.2, 0.25) is 0 Å². The summed E-state index contributed by atoms with van der Waals surface area (Å²) >= 11 is 5.86. The van der Waals surface area contributed by atoms with Crippen LogP contribution in [0.15, 0.2) is 41.2 Å². The van der Waals surface area contributed by atoms with Gasteiger partial charge >= 0.3 is 0 Å². The SMILES string of the molecule is COc1ccc(CCNC(=S)N(Cc2cc3cc4c(cc3[nH]c2=O)OCCO4)C2CCCC2)cc1OC. The average molecular weight is 524 g/mol. The summed E-state index contributed by atoms with van der Waals surface area (Å²) in [5, 5.41) is 5.02. The van der Waals surface area contributed by atoms with Gasteiger partial charge in [0.15, 0.2) is 28.1 Å². The number of nitrogens with zero attached hydrogens (tertiary/aromatic N) is 1. The Balaban J connectivity index is 1.31. The molecule has 196 valence electrons. The van der Waals surface area contributed by atoms with Gasteiger partial charge in [-0.25, -0.2) is 0 Å². The number of aromatic nitrogens is 1. The number of nitrogens with one attached hydrogen (secondary N) is 2. The molecule has 37 heavy (non-hydrogen) atoms. The van der Waals surface area contributed by atoms with Gasteiger partial charge in [0.25, 0.3) is 5.56 Å². The van der Waals surface area contributed by atoms with Crippen molar-refractivity contribution in [2.75, 3.05) is 34.0 Å². The molecule has 0 amide bonds. The fraction of sp³-hybridized carbons (Fsp3) is 0.429. The standard InChI is InChI=1S/C28H33N3O5S/c1-33-23-8-7-18(13-24(23)34-2)9-10-29-28(37)31(21-5-3-4-6-21)17-20-14-19-15-25-26(36-12-11-35-25)16-22(19)30-27(20)32/h7-8,13-16,21H,3-6,9-12,17H2,1-2H3,(H,29,37)(H,30,32). The lowest BCUT2D eigenvalue weighted by atomic mass is 10.1. The lowest BCUT2D eigenvalue weighted by molar-refractivity contribution is 0.172. The zero-order valence-electron chi connectivity index (χ0n) is 21.3. The lowest BCUT2D eigenvalue weighted by Gasteiger charge is -2.31. The van der Waals surface area contributed by atoms with Crippen LogP contribution >= 0.6 is 12.2 Å². The highest BCUT2D eigenvalue weighted by Crippen LogP contribution is 2.34. The first-order chi connectivity index (χ1) is 18.1. The van der Waals surface area contributed by atoms with Crippen LogP contribution in [0.5, 0.6) is 23.0 Å². The van der Waals surface area contributed by atoms with Gasteiger partial charge in [-0.15, -0.1) is 0 Å². The first-order valence-corrected chi connectivity index (χ1v) is 13.2. The summed E-state index contributed by atoms with van der Waals surface area (Å²) in [6, 6.07) is 12.0. The number of pyridine rings is 1. The third-order valence-corrected chi connectivity index (χ3v) is 7.47. The van der Waals surface area contributed by atoms with Gasteiger partial charge in [-0.3, -0.25) is 4.79 Å². The molecule has 0 radical (unpaired) electrons. The van der Waals surface area contributed by atoms with Crippen molar-refractivity contribution < 1.29 is 18.9 Å². The summed E-state index contributed by atoms with van der Waals surface area (Å²) in [5.74, 6) is 2.79. The Morgan fingerprint density at radius 1 is 1.05 bits per heavy atom. The van der Waals surface area contributed by atoms with Gasteiger partial charge in [-0.1, -0.05) is 18.9 Å². The van der Waals surface area contributed by atoms with Crippen molar-refractivity contribution in [3.05, 3.63) is 57.9 Å². The monoisotopic (exact) mass is 523 g/mol. The molecule has 1 aliphatic carbocycles. The number of methoxy groups -OCH3 is 2. The number of hydrogen-bond acceptors (Lipinski definition) is 6. The molecule has 1 aliphatic heterocycles. The van der Waals surface area contributed by atoms with Crippen molar-refractivity contribution in [2.24, 2.45) is 0 Å². The van der Waals surface area contributed by atoms with Crippen molar-refractivity contribution in [2.45, 2.75) is 44.7 Å². The van der Waals surface area contributed by atoms with Crippen molar-refractivity contribution in [3.63, 3.8) is 0 Å². The quantitative estimate of drug-likeness (QED) is 0.426. The third kappa shape index (κ3) is 5.61. The van der Waals surface area contributed by atoms with Gasteiger partial charge < -0.3 is 34.1 Å². The predicted octanol–water partition coefficient (Wildman–Crippen LogP) is 4.18. The second-order valence-electron chi connectivity index (χ2n) is 9.44. The number of ether oxygens (including phenoxy) is 4. The Bertz CT molecular complexity index is 1340. The lowest BCUT2D eigenvalue weighted by Crippen LogP contribution is -2.45. The number of thiocarbonyl (C=S) groups is 1. The molecule has 2 aliphatic rings. The van der Waals surface area contributed by atoms with E-state index in [0.29, 0.717) is 66.0 Å². The van der Waals surface area contributed by atoms with E-state index in [-0.39, 0.29) is 5.56 Å². The van der Waals surface area contributed by atoms with Crippen LogP contribution in [0, 0.1) is 0 Å². The molecule has 2 aromatic carbocycles. The molecule has 0 unspecified atom stereocenters. The molecule has 1 aromatic heterocycles. The van der Waals surface area contributed by atoms with Crippen molar-refractivity contribution in [1.82, 2.24) is 15.2 Å². The first-order valence-electron chi connectivity index (χ1n) is 12.8. The molecule has 1 saturated carbocycles. The summed E-state index contributed by atoms with van der Waals surface area (Å²) in [6.07, 6.45) is 5.27. The maximum absolute atomic E-state index is 13.0. The normalized spacial score (nSPS) is 15.0. The molecule has 2 N–H and O–H groups in total. The Morgan fingerprint density at radius 2 is 1.78 bits per heavy atom. The Morgan fingerprint density at radius 3 is 2.51 bits per heavy atom. The van der Waals surface area contributed by atoms with E-state index in [4.69, 9.17) is 31.2 Å². The van der Waals surface area contributed by atoms with Crippen LogP contribution in [0.3, 0.4) is 0 Å². The van der Waals surface area contributed by atoms with Gasteiger partial charge in [0, 0.05) is 29.6 Å². The van der Waals surface area contributed by atoms with E-state index in [1.54, 1.807) is 14.2 Å². The molecule has 1 fully saturated rings. The van der Waals surface area contributed by atoms with E-state index in [9.17, 15) is 4.79 Å². The smallest absolute Gasteiger partial charge is 0.253 e. The van der Waals surface area contributed by atoms with E-state index < -0.39 is 0 Å². The zero-order valence-corrected chi connectivity index (χ0v) is 22.1. The molecule has 5 rings (SSSR count). The van der Waals surface area contributed by atoms with Gasteiger partial charge in [0.2, 0.25) is 0 Å². The predicted molar refractivity (Wildman–Crippen MR) is 147 cm³/mol. The highest BCUT2D eigenvalue weighted by Gasteiger charge is 2.26. The molecule has 9 heteroatoms. The molecule has 0 atom stereocenters. The molecular weight excluding hydrogens is 490 g/mol. The molecule has 2 heterocycles. The summed E-state index contributed by atoms with van der Waals surface area (Å²) in [4.78, 5) is 18.3. The van der Waals surface area contributed by atoms with Gasteiger partial charge in [0.05, 0.1) is 26.3 Å². The summed E-state index contributed by atoms with van der Waals surface area (Å²) < 4.78 is 22.2. The number of rotatable bonds is 8. The molecule has 0 spiro atoms. The summed E-state index contributed by atoms with van der Waals surface area (Å²) in [5.41, 5.74) is 2.43. The highest BCUT2D eigenvalue weighted by atomic mass is 32.1. The average Bonchev–Trinajstić information content (AvgIpc) is 3.45. The van der Waals surface area contributed by atoms with Gasteiger partial charge in [-0.2, -0.15) is 0 Å². The van der Waals surface area contributed by atoms with E-state index in [1.165, 1.54) is 12.8 Å². The minimum Gasteiger partial charge on any atom is -0.493 e. The maximum Gasteiger partial charge on any atom is 0.253 e.